The largest absolute Gasteiger partial charge is 0.382 e. The van der Waals surface area contributed by atoms with Crippen molar-refractivity contribution in [2.75, 3.05) is 20.3 Å². The van der Waals surface area contributed by atoms with E-state index >= 15 is 0 Å². The third-order valence-corrected chi connectivity index (χ3v) is 0.808. The van der Waals surface area contributed by atoms with E-state index in [1.807, 2.05) is 0 Å². The maximum Gasteiger partial charge on any atom is 0.114 e. The van der Waals surface area contributed by atoms with Gasteiger partial charge in [0.05, 0.1) is 6.61 Å². The fourth-order valence-corrected chi connectivity index (χ4v) is 0.349. The van der Waals surface area contributed by atoms with E-state index in [-0.39, 0.29) is 6.10 Å². The lowest BCUT2D eigenvalue weighted by Crippen LogP contribution is -2.30. The van der Waals surface area contributed by atoms with Gasteiger partial charge >= 0.3 is 0 Å². The van der Waals surface area contributed by atoms with Crippen LogP contribution in [0.5, 0.6) is 0 Å². The van der Waals surface area contributed by atoms with E-state index in [0.29, 0.717) is 13.2 Å². The van der Waals surface area contributed by atoms with Gasteiger partial charge in [0.15, 0.2) is 0 Å². The molecule has 0 aliphatic rings. The van der Waals surface area contributed by atoms with Gasteiger partial charge < -0.3 is 10.5 Å². The lowest BCUT2D eigenvalue weighted by atomic mass is 10.4. The molecule has 0 aromatic rings. The van der Waals surface area contributed by atoms with Gasteiger partial charge in [0, 0.05) is 13.7 Å². The standard InChI is InChI=1S/C4H12N2O2/c1-7-3-4(2-5)8-6/h4H,2-3,5-6H2,1H3. The van der Waals surface area contributed by atoms with E-state index < -0.39 is 0 Å². The number of rotatable bonds is 4. The first-order valence-electron chi connectivity index (χ1n) is 2.39. The van der Waals surface area contributed by atoms with Crippen LogP contribution in [0.15, 0.2) is 0 Å². The van der Waals surface area contributed by atoms with Gasteiger partial charge in [0.25, 0.3) is 0 Å². The van der Waals surface area contributed by atoms with Crippen LogP contribution in [0.4, 0.5) is 0 Å². The van der Waals surface area contributed by atoms with Crippen LogP contribution in [-0.2, 0) is 9.57 Å². The summed E-state index contributed by atoms with van der Waals surface area (Å²) in [6.07, 6.45) is -0.167. The van der Waals surface area contributed by atoms with Crippen molar-refractivity contribution in [2.45, 2.75) is 6.10 Å². The van der Waals surface area contributed by atoms with Crippen molar-refractivity contribution in [2.24, 2.45) is 11.6 Å². The Morgan fingerprint density at radius 3 is 2.38 bits per heavy atom. The van der Waals surface area contributed by atoms with E-state index in [1.54, 1.807) is 7.11 Å². The molecule has 0 rings (SSSR count). The van der Waals surface area contributed by atoms with Crippen LogP contribution in [0.3, 0.4) is 0 Å². The van der Waals surface area contributed by atoms with Gasteiger partial charge in [-0.3, -0.25) is 4.84 Å². The fraction of sp³-hybridized carbons (Fsp3) is 1.00. The summed E-state index contributed by atoms with van der Waals surface area (Å²) in [7, 11) is 1.57. The van der Waals surface area contributed by atoms with Crippen molar-refractivity contribution in [1.82, 2.24) is 0 Å². The Morgan fingerprint density at radius 2 is 2.25 bits per heavy atom. The van der Waals surface area contributed by atoms with Crippen molar-refractivity contribution in [1.29, 1.82) is 0 Å². The van der Waals surface area contributed by atoms with Crippen molar-refractivity contribution in [3.05, 3.63) is 0 Å². The predicted molar refractivity (Wildman–Crippen MR) is 30.0 cm³/mol. The Hall–Kier alpha value is -0.160. The molecule has 4 nitrogen and oxygen atoms in total. The first kappa shape index (κ1) is 7.84. The Morgan fingerprint density at radius 1 is 1.62 bits per heavy atom. The third kappa shape index (κ3) is 2.92. The molecule has 0 saturated heterocycles. The van der Waals surface area contributed by atoms with Crippen molar-refractivity contribution >= 4 is 0 Å². The highest BCUT2D eigenvalue weighted by Crippen LogP contribution is 1.82. The molecule has 0 aromatic heterocycles. The molecule has 0 aliphatic heterocycles. The second-order valence-electron chi connectivity index (χ2n) is 1.45. The predicted octanol–water partition coefficient (Wildman–Crippen LogP) is -1.15. The van der Waals surface area contributed by atoms with E-state index in [0.717, 1.165) is 0 Å². The van der Waals surface area contributed by atoms with E-state index in [1.165, 1.54) is 0 Å². The molecule has 50 valence electrons. The zero-order chi connectivity index (χ0) is 6.41. The Balaban J connectivity index is 3.07. The molecular formula is C4H12N2O2. The lowest BCUT2D eigenvalue weighted by Gasteiger charge is -2.08. The molecule has 4 N–H and O–H groups in total. The van der Waals surface area contributed by atoms with Crippen LogP contribution in [0.25, 0.3) is 0 Å². The number of hydrogen-bond donors (Lipinski definition) is 2. The lowest BCUT2D eigenvalue weighted by molar-refractivity contribution is 0.00271. The van der Waals surface area contributed by atoms with Gasteiger partial charge in [0.2, 0.25) is 0 Å². The smallest absolute Gasteiger partial charge is 0.114 e. The Bertz CT molecular complexity index is 47.3. The molecule has 0 amide bonds. The minimum Gasteiger partial charge on any atom is -0.382 e. The summed E-state index contributed by atoms with van der Waals surface area (Å²) < 4.78 is 4.70. The first-order chi connectivity index (χ1) is 3.85. The highest BCUT2D eigenvalue weighted by Gasteiger charge is 2.01. The minimum atomic E-state index is -0.167. The molecule has 0 aromatic carbocycles. The number of hydrogen-bond acceptors (Lipinski definition) is 4. The number of methoxy groups -OCH3 is 1. The second-order valence-corrected chi connectivity index (χ2v) is 1.45. The summed E-state index contributed by atoms with van der Waals surface area (Å²) in [5.74, 6) is 4.81. The summed E-state index contributed by atoms with van der Waals surface area (Å²) >= 11 is 0. The summed E-state index contributed by atoms with van der Waals surface area (Å²) in [4.78, 5) is 4.39. The molecule has 0 saturated carbocycles. The van der Waals surface area contributed by atoms with Gasteiger partial charge in [-0.15, -0.1) is 0 Å². The van der Waals surface area contributed by atoms with E-state index in [2.05, 4.69) is 4.84 Å². The van der Waals surface area contributed by atoms with Crippen molar-refractivity contribution < 1.29 is 9.57 Å². The van der Waals surface area contributed by atoms with Crippen LogP contribution in [0, 0.1) is 0 Å². The van der Waals surface area contributed by atoms with Crippen molar-refractivity contribution in [3.8, 4) is 0 Å². The number of nitrogens with two attached hydrogens (primary N) is 2. The molecule has 0 aliphatic carbocycles. The van der Waals surface area contributed by atoms with Gasteiger partial charge in [-0.2, -0.15) is 0 Å². The molecule has 1 unspecified atom stereocenters. The zero-order valence-electron chi connectivity index (χ0n) is 4.96. The summed E-state index contributed by atoms with van der Waals surface area (Å²) in [5, 5.41) is 0. The van der Waals surface area contributed by atoms with Crippen LogP contribution < -0.4 is 11.6 Å². The maximum absolute atomic E-state index is 5.18. The minimum absolute atomic E-state index is 0.167. The van der Waals surface area contributed by atoms with Gasteiger partial charge in [0.1, 0.15) is 6.10 Å². The van der Waals surface area contributed by atoms with Crippen LogP contribution >= 0.6 is 0 Å². The Labute approximate surface area is 48.7 Å². The summed E-state index contributed by atoms with van der Waals surface area (Å²) in [6, 6.07) is 0. The average Bonchev–Trinajstić information content (AvgIpc) is 1.83. The zero-order valence-corrected chi connectivity index (χ0v) is 4.96. The molecule has 0 heterocycles. The van der Waals surface area contributed by atoms with Gasteiger partial charge in [-0.1, -0.05) is 0 Å². The van der Waals surface area contributed by atoms with Gasteiger partial charge in [-0.05, 0) is 0 Å². The fourth-order valence-electron chi connectivity index (χ4n) is 0.349. The topological polar surface area (TPSA) is 70.5 Å². The maximum atomic E-state index is 5.18. The van der Waals surface area contributed by atoms with Crippen molar-refractivity contribution in [3.63, 3.8) is 0 Å². The molecule has 1 atom stereocenters. The molecule has 4 heteroatoms. The summed E-state index contributed by atoms with van der Waals surface area (Å²) in [5.41, 5.74) is 5.18. The summed E-state index contributed by atoms with van der Waals surface area (Å²) in [6.45, 7) is 0.845. The molecular weight excluding hydrogens is 108 g/mol. The molecule has 8 heavy (non-hydrogen) atoms. The normalized spacial score (nSPS) is 13.9. The van der Waals surface area contributed by atoms with E-state index in [9.17, 15) is 0 Å². The van der Waals surface area contributed by atoms with Gasteiger partial charge in [-0.25, -0.2) is 5.90 Å². The monoisotopic (exact) mass is 120 g/mol. The first-order valence-corrected chi connectivity index (χ1v) is 2.39. The molecule has 0 radical (unpaired) electrons. The van der Waals surface area contributed by atoms with Crippen LogP contribution in [0.2, 0.25) is 0 Å². The van der Waals surface area contributed by atoms with Crippen LogP contribution in [0.1, 0.15) is 0 Å². The molecule has 0 spiro atoms. The third-order valence-electron chi connectivity index (χ3n) is 0.808. The molecule has 0 fully saturated rings. The number of ether oxygens (including phenoxy) is 1. The van der Waals surface area contributed by atoms with E-state index in [4.69, 9.17) is 16.4 Å². The average molecular weight is 120 g/mol. The Kier molecular flexibility index (Phi) is 4.89. The highest BCUT2D eigenvalue weighted by molar-refractivity contribution is 4.52. The SMILES string of the molecule is COCC(CN)ON. The second kappa shape index (κ2) is 4.99. The molecule has 0 bridgehead atoms. The quantitative estimate of drug-likeness (QED) is 0.459. The highest BCUT2D eigenvalue weighted by atomic mass is 16.6. The van der Waals surface area contributed by atoms with Crippen LogP contribution in [-0.4, -0.2) is 26.4 Å².